The van der Waals surface area contributed by atoms with Gasteiger partial charge in [0.1, 0.15) is 0 Å². The van der Waals surface area contributed by atoms with Crippen molar-refractivity contribution >= 4 is 10.0 Å². The fourth-order valence-electron chi connectivity index (χ4n) is 4.57. The largest absolute Gasteiger partial charge is 0.416 e. The minimum absolute atomic E-state index is 0.00578. The van der Waals surface area contributed by atoms with Crippen molar-refractivity contribution in [2.24, 2.45) is 0 Å². The number of hydrogen-bond donors (Lipinski definition) is 1. The van der Waals surface area contributed by atoms with Crippen LogP contribution < -0.4 is 4.72 Å². The summed E-state index contributed by atoms with van der Waals surface area (Å²) < 4.78 is 106. The number of halogens is 6. The van der Waals surface area contributed by atoms with Crippen LogP contribution in [-0.2, 0) is 28.9 Å². The molecule has 2 aromatic carbocycles. The van der Waals surface area contributed by atoms with Gasteiger partial charge in [-0.15, -0.1) is 0 Å². The SMILES string of the molecule is O=S(=O)(NC1CC2CN(Cc3cccc(C(F)(F)F)c3)CCN2C1)c1cccc(C(F)(F)F)c1. The molecule has 2 aromatic rings. The molecule has 0 aromatic heterocycles. The Morgan fingerprint density at radius 2 is 1.53 bits per heavy atom. The molecule has 186 valence electrons. The third-order valence-electron chi connectivity index (χ3n) is 6.15. The number of hydrogen-bond acceptors (Lipinski definition) is 4. The molecule has 2 saturated heterocycles. The minimum Gasteiger partial charge on any atom is -0.296 e. The van der Waals surface area contributed by atoms with E-state index < -0.39 is 44.4 Å². The molecule has 2 heterocycles. The summed E-state index contributed by atoms with van der Waals surface area (Å²) in [6.07, 6.45) is -8.61. The van der Waals surface area contributed by atoms with Crippen LogP contribution in [0, 0.1) is 0 Å². The van der Waals surface area contributed by atoms with E-state index in [9.17, 15) is 34.8 Å². The van der Waals surface area contributed by atoms with E-state index >= 15 is 0 Å². The molecule has 4 rings (SSSR count). The van der Waals surface area contributed by atoms with Gasteiger partial charge in [0.05, 0.1) is 16.0 Å². The van der Waals surface area contributed by atoms with E-state index in [4.69, 9.17) is 0 Å². The summed E-state index contributed by atoms with van der Waals surface area (Å²) in [5, 5.41) is 0. The lowest BCUT2D eigenvalue weighted by molar-refractivity contribution is -0.138. The van der Waals surface area contributed by atoms with Crippen LogP contribution in [0.25, 0.3) is 0 Å². The number of piperazine rings is 1. The molecule has 34 heavy (non-hydrogen) atoms. The predicted molar refractivity (Wildman–Crippen MR) is 112 cm³/mol. The van der Waals surface area contributed by atoms with Crippen molar-refractivity contribution in [3.63, 3.8) is 0 Å². The molecule has 5 nitrogen and oxygen atoms in total. The molecule has 0 saturated carbocycles. The number of rotatable bonds is 5. The number of benzene rings is 2. The summed E-state index contributed by atoms with van der Waals surface area (Å²) in [7, 11) is -4.15. The fraction of sp³-hybridized carbons (Fsp3) is 0.455. The molecule has 1 N–H and O–H groups in total. The minimum atomic E-state index is -4.65. The van der Waals surface area contributed by atoms with Gasteiger partial charge >= 0.3 is 12.4 Å². The number of alkyl halides is 6. The first-order chi connectivity index (χ1) is 15.8. The van der Waals surface area contributed by atoms with E-state index in [1.54, 1.807) is 6.07 Å². The van der Waals surface area contributed by atoms with Crippen molar-refractivity contribution in [3.05, 3.63) is 65.2 Å². The molecule has 12 heteroatoms. The third kappa shape index (κ3) is 5.73. The average molecular weight is 508 g/mol. The second-order valence-corrected chi connectivity index (χ2v) is 10.4. The maximum atomic E-state index is 13.0. The van der Waals surface area contributed by atoms with Crippen molar-refractivity contribution < 1.29 is 34.8 Å². The van der Waals surface area contributed by atoms with Gasteiger partial charge in [0.2, 0.25) is 10.0 Å². The van der Waals surface area contributed by atoms with E-state index in [-0.39, 0.29) is 6.04 Å². The fourth-order valence-corrected chi connectivity index (χ4v) is 5.85. The predicted octanol–water partition coefficient (Wildman–Crippen LogP) is 3.96. The van der Waals surface area contributed by atoms with Crippen LogP contribution >= 0.6 is 0 Å². The highest BCUT2D eigenvalue weighted by molar-refractivity contribution is 7.89. The molecule has 2 aliphatic rings. The van der Waals surface area contributed by atoms with Crippen molar-refractivity contribution in [3.8, 4) is 0 Å². The Bertz CT molecular complexity index is 1140. The Morgan fingerprint density at radius 3 is 2.21 bits per heavy atom. The summed E-state index contributed by atoms with van der Waals surface area (Å²) in [5.74, 6) is 0. The topological polar surface area (TPSA) is 52.7 Å². The van der Waals surface area contributed by atoms with Gasteiger partial charge < -0.3 is 0 Å². The van der Waals surface area contributed by atoms with Crippen molar-refractivity contribution in [1.82, 2.24) is 14.5 Å². The molecule has 0 radical (unpaired) electrons. The van der Waals surface area contributed by atoms with Gasteiger partial charge in [0.25, 0.3) is 0 Å². The number of nitrogens with zero attached hydrogens (tertiary/aromatic N) is 2. The van der Waals surface area contributed by atoms with Gasteiger partial charge in [-0.3, -0.25) is 9.80 Å². The van der Waals surface area contributed by atoms with Gasteiger partial charge in [-0.2, -0.15) is 26.3 Å². The second-order valence-electron chi connectivity index (χ2n) is 8.66. The molecule has 0 aliphatic carbocycles. The molecule has 0 amide bonds. The lowest BCUT2D eigenvalue weighted by Crippen LogP contribution is -2.49. The average Bonchev–Trinajstić information content (AvgIpc) is 3.13. The highest BCUT2D eigenvalue weighted by Gasteiger charge is 2.38. The van der Waals surface area contributed by atoms with Gasteiger partial charge in [-0.25, -0.2) is 13.1 Å². The van der Waals surface area contributed by atoms with Crippen molar-refractivity contribution in [1.29, 1.82) is 0 Å². The first-order valence-corrected chi connectivity index (χ1v) is 12.1. The molecular weight excluding hydrogens is 484 g/mol. The Labute approximate surface area is 193 Å². The molecule has 0 spiro atoms. The van der Waals surface area contributed by atoms with Gasteiger partial charge in [0.15, 0.2) is 0 Å². The number of sulfonamides is 1. The summed E-state index contributed by atoms with van der Waals surface area (Å²) in [6, 6.07) is 8.30. The first-order valence-electron chi connectivity index (χ1n) is 10.6. The number of fused-ring (bicyclic) bond motifs is 1. The quantitative estimate of drug-likeness (QED) is 0.623. The van der Waals surface area contributed by atoms with Crippen LogP contribution in [0.2, 0.25) is 0 Å². The molecule has 0 bridgehead atoms. The summed E-state index contributed by atoms with van der Waals surface area (Å²) >= 11 is 0. The van der Waals surface area contributed by atoms with Gasteiger partial charge in [0, 0.05) is 44.8 Å². The maximum absolute atomic E-state index is 13.0. The molecule has 2 unspecified atom stereocenters. The third-order valence-corrected chi connectivity index (χ3v) is 7.67. The molecular formula is C22H23F6N3O2S. The van der Waals surface area contributed by atoms with Crippen LogP contribution in [-0.4, -0.2) is 56.5 Å². The lowest BCUT2D eigenvalue weighted by atomic mass is 10.1. The lowest BCUT2D eigenvalue weighted by Gasteiger charge is -2.37. The number of nitrogens with one attached hydrogen (secondary N) is 1. The monoisotopic (exact) mass is 507 g/mol. The van der Waals surface area contributed by atoms with Crippen LogP contribution in [0.4, 0.5) is 26.3 Å². The smallest absolute Gasteiger partial charge is 0.296 e. The van der Waals surface area contributed by atoms with Crippen molar-refractivity contribution in [2.75, 3.05) is 26.2 Å². The maximum Gasteiger partial charge on any atom is 0.416 e. The van der Waals surface area contributed by atoms with Crippen LogP contribution in [0.15, 0.2) is 53.4 Å². The first kappa shape index (κ1) is 25.0. The zero-order valence-corrected chi connectivity index (χ0v) is 18.7. The normalized spacial score (nSPS) is 22.6. The van der Waals surface area contributed by atoms with E-state index in [0.29, 0.717) is 50.8 Å². The standard InChI is InChI=1S/C22H23F6N3O2S/c23-21(24,25)16-4-1-3-15(9-16)12-30-7-8-31-13-18(11-19(31)14-30)29-34(32,33)20-6-2-5-17(10-20)22(26,27)28/h1-6,9-10,18-19,29H,7-8,11-14H2. The van der Waals surface area contributed by atoms with E-state index in [0.717, 1.165) is 30.3 Å². The highest BCUT2D eigenvalue weighted by atomic mass is 32.2. The Balaban J connectivity index is 1.38. The molecule has 2 atom stereocenters. The van der Waals surface area contributed by atoms with Crippen molar-refractivity contribution in [2.45, 2.75) is 42.3 Å². The second kappa shape index (κ2) is 9.14. The summed E-state index contributed by atoms with van der Waals surface area (Å²) in [6.45, 7) is 2.54. The highest BCUT2D eigenvalue weighted by Crippen LogP contribution is 2.32. The Hall–Kier alpha value is -2.15. The van der Waals surface area contributed by atoms with E-state index in [2.05, 4.69) is 9.62 Å². The van der Waals surface area contributed by atoms with E-state index in [1.165, 1.54) is 6.07 Å². The zero-order chi connectivity index (χ0) is 24.7. The van der Waals surface area contributed by atoms with Crippen LogP contribution in [0.1, 0.15) is 23.1 Å². The van der Waals surface area contributed by atoms with Gasteiger partial charge in [-0.1, -0.05) is 24.3 Å². The summed E-state index contributed by atoms with van der Waals surface area (Å²) in [5.41, 5.74) is -1.19. The van der Waals surface area contributed by atoms with Crippen LogP contribution in [0.5, 0.6) is 0 Å². The Kier molecular flexibility index (Phi) is 6.71. The molecule has 2 aliphatic heterocycles. The zero-order valence-electron chi connectivity index (χ0n) is 17.9. The Morgan fingerprint density at radius 1 is 0.882 bits per heavy atom. The van der Waals surface area contributed by atoms with Gasteiger partial charge in [-0.05, 0) is 36.2 Å². The summed E-state index contributed by atoms with van der Waals surface area (Å²) in [4.78, 5) is 3.68. The molecule has 2 fully saturated rings. The van der Waals surface area contributed by atoms with E-state index in [1.807, 2.05) is 4.90 Å². The van der Waals surface area contributed by atoms with Crippen LogP contribution in [0.3, 0.4) is 0 Å².